The van der Waals surface area contributed by atoms with Gasteiger partial charge >= 0.3 is 5.97 Å². The third-order valence-electron chi connectivity index (χ3n) is 3.22. The van der Waals surface area contributed by atoms with Crippen LogP contribution in [0.25, 0.3) is 0 Å². The number of halogens is 1. The second-order valence-electron chi connectivity index (χ2n) is 4.48. The Morgan fingerprint density at radius 3 is 2.89 bits per heavy atom. The Kier molecular flexibility index (Phi) is 4.09. The van der Waals surface area contributed by atoms with Gasteiger partial charge in [-0.3, -0.25) is 9.59 Å². The second-order valence-corrected chi connectivity index (χ2v) is 4.48. The molecule has 0 radical (unpaired) electrons. The number of likely N-dealkylation sites (tertiary alicyclic amines) is 1. The van der Waals surface area contributed by atoms with Crippen LogP contribution in [0.3, 0.4) is 0 Å². The lowest BCUT2D eigenvalue weighted by Gasteiger charge is -2.31. The van der Waals surface area contributed by atoms with Crippen molar-refractivity contribution in [3.05, 3.63) is 29.8 Å². The lowest BCUT2D eigenvalue weighted by Crippen LogP contribution is -2.42. The van der Waals surface area contributed by atoms with Gasteiger partial charge in [0.05, 0.1) is 18.6 Å². The van der Waals surface area contributed by atoms with Gasteiger partial charge in [0, 0.05) is 19.3 Å². The molecule has 1 unspecified atom stereocenters. The van der Waals surface area contributed by atoms with Crippen molar-refractivity contribution in [2.24, 2.45) is 5.92 Å². The van der Waals surface area contributed by atoms with Crippen molar-refractivity contribution in [2.45, 2.75) is 12.8 Å². The van der Waals surface area contributed by atoms with Crippen molar-refractivity contribution in [1.29, 1.82) is 0 Å². The van der Waals surface area contributed by atoms with Crippen LogP contribution in [0.2, 0.25) is 0 Å². The fourth-order valence-corrected chi connectivity index (χ4v) is 2.21. The standard InChI is InChI=1S/C13H15FN2O3/c1-19-13(18)10-3-2-6-16(8-10)12(17)9-4-5-11(14)15-7-9/h4-5,7,10H,2-3,6,8H2,1H3. The summed E-state index contributed by atoms with van der Waals surface area (Å²) >= 11 is 0. The highest BCUT2D eigenvalue weighted by Crippen LogP contribution is 2.19. The maximum Gasteiger partial charge on any atom is 0.310 e. The average Bonchev–Trinajstić information content (AvgIpc) is 2.46. The molecule has 1 aliphatic rings. The molecule has 1 amide bonds. The lowest BCUT2D eigenvalue weighted by molar-refractivity contribution is -0.146. The van der Waals surface area contributed by atoms with E-state index in [9.17, 15) is 14.0 Å². The molecule has 1 atom stereocenters. The molecule has 0 N–H and O–H groups in total. The van der Waals surface area contributed by atoms with Gasteiger partial charge in [0.1, 0.15) is 0 Å². The minimum absolute atomic E-state index is 0.235. The molecule has 0 bridgehead atoms. The van der Waals surface area contributed by atoms with Crippen LogP contribution in [0.1, 0.15) is 23.2 Å². The number of ether oxygens (including phenoxy) is 1. The molecule has 1 aliphatic heterocycles. The van der Waals surface area contributed by atoms with E-state index in [1.54, 1.807) is 4.90 Å². The number of carbonyl (C=O) groups excluding carboxylic acids is 2. The van der Waals surface area contributed by atoms with E-state index < -0.39 is 5.95 Å². The first-order chi connectivity index (χ1) is 9.11. The Bertz CT molecular complexity index is 475. The van der Waals surface area contributed by atoms with Crippen LogP contribution in [0.5, 0.6) is 0 Å². The van der Waals surface area contributed by atoms with Crippen LogP contribution in [-0.2, 0) is 9.53 Å². The highest BCUT2D eigenvalue weighted by molar-refractivity contribution is 5.94. The SMILES string of the molecule is COC(=O)C1CCCN(C(=O)c2ccc(F)nc2)C1. The molecule has 2 heterocycles. The number of aromatic nitrogens is 1. The van der Waals surface area contributed by atoms with Crippen LogP contribution in [-0.4, -0.2) is 42.0 Å². The maximum atomic E-state index is 12.7. The molecule has 0 saturated carbocycles. The maximum absolute atomic E-state index is 12.7. The van der Waals surface area contributed by atoms with Crippen LogP contribution >= 0.6 is 0 Å². The summed E-state index contributed by atoms with van der Waals surface area (Å²) in [6, 6.07) is 2.54. The quantitative estimate of drug-likeness (QED) is 0.597. The largest absolute Gasteiger partial charge is 0.469 e. The van der Waals surface area contributed by atoms with Crippen LogP contribution in [0, 0.1) is 11.9 Å². The zero-order valence-electron chi connectivity index (χ0n) is 10.6. The lowest BCUT2D eigenvalue weighted by atomic mass is 9.97. The number of esters is 1. The van der Waals surface area contributed by atoms with Crippen molar-refractivity contribution in [3.8, 4) is 0 Å². The predicted octanol–water partition coefficient (Wildman–Crippen LogP) is 1.25. The van der Waals surface area contributed by atoms with E-state index in [0.717, 1.165) is 18.9 Å². The third-order valence-corrected chi connectivity index (χ3v) is 3.22. The normalized spacial score (nSPS) is 19.1. The first kappa shape index (κ1) is 13.5. The van der Waals surface area contributed by atoms with Gasteiger partial charge in [-0.1, -0.05) is 0 Å². The minimum atomic E-state index is -0.623. The number of piperidine rings is 1. The van der Waals surface area contributed by atoms with Gasteiger partial charge in [0.25, 0.3) is 5.91 Å². The number of pyridine rings is 1. The molecular weight excluding hydrogens is 251 g/mol. The number of methoxy groups -OCH3 is 1. The fraction of sp³-hybridized carbons (Fsp3) is 0.462. The van der Waals surface area contributed by atoms with Crippen molar-refractivity contribution >= 4 is 11.9 Å². The summed E-state index contributed by atoms with van der Waals surface area (Å²) in [5, 5.41) is 0. The molecule has 0 spiro atoms. The first-order valence-corrected chi connectivity index (χ1v) is 6.10. The Balaban J connectivity index is 2.06. The predicted molar refractivity (Wildman–Crippen MR) is 64.8 cm³/mol. The number of rotatable bonds is 2. The number of amides is 1. The Labute approximate surface area is 110 Å². The van der Waals surface area contributed by atoms with E-state index in [4.69, 9.17) is 4.74 Å². The number of hydrogen-bond acceptors (Lipinski definition) is 4. The summed E-state index contributed by atoms with van der Waals surface area (Å²) < 4.78 is 17.4. The molecule has 19 heavy (non-hydrogen) atoms. The highest BCUT2D eigenvalue weighted by Gasteiger charge is 2.29. The van der Waals surface area contributed by atoms with Gasteiger partial charge in [0.15, 0.2) is 0 Å². The van der Waals surface area contributed by atoms with E-state index in [2.05, 4.69) is 4.98 Å². The highest BCUT2D eigenvalue weighted by atomic mass is 19.1. The number of carbonyl (C=O) groups is 2. The van der Waals surface area contributed by atoms with Crippen molar-refractivity contribution in [1.82, 2.24) is 9.88 Å². The van der Waals surface area contributed by atoms with Crippen LogP contribution in [0.15, 0.2) is 18.3 Å². The summed E-state index contributed by atoms with van der Waals surface area (Å²) in [4.78, 5) is 28.7. The summed E-state index contributed by atoms with van der Waals surface area (Å²) in [6.45, 7) is 0.923. The Morgan fingerprint density at radius 1 is 1.47 bits per heavy atom. The average molecular weight is 266 g/mol. The van der Waals surface area contributed by atoms with Gasteiger partial charge < -0.3 is 9.64 Å². The fourth-order valence-electron chi connectivity index (χ4n) is 2.21. The molecule has 5 nitrogen and oxygen atoms in total. The molecule has 102 valence electrons. The van der Waals surface area contributed by atoms with Gasteiger partial charge in [-0.15, -0.1) is 0 Å². The zero-order chi connectivity index (χ0) is 13.8. The molecule has 1 aromatic rings. The number of hydrogen-bond donors (Lipinski definition) is 0. The number of nitrogens with zero attached hydrogens (tertiary/aromatic N) is 2. The third kappa shape index (κ3) is 3.07. The Morgan fingerprint density at radius 2 is 2.26 bits per heavy atom. The summed E-state index contributed by atoms with van der Waals surface area (Å²) in [5.74, 6) is -1.44. The molecular formula is C13H15FN2O3. The minimum Gasteiger partial charge on any atom is -0.469 e. The van der Waals surface area contributed by atoms with Gasteiger partial charge in [0.2, 0.25) is 5.95 Å². The molecule has 1 fully saturated rings. The van der Waals surface area contributed by atoms with E-state index in [0.29, 0.717) is 18.7 Å². The molecule has 1 saturated heterocycles. The van der Waals surface area contributed by atoms with Crippen LogP contribution in [0.4, 0.5) is 4.39 Å². The van der Waals surface area contributed by atoms with Crippen LogP contribution < -0.4 is 0 Å². The van der Waals surface area contributed by atoms with Crippen molar-refractivity contribution < 1.29 is 18.7 Å². The summed E-state index contributed by atoms with van der Waals surface area (Å²) in [6.07, 6.45) is 2.68. The van der Waals surface area contributed by atoms with E-state index >= 15 is 0 Å². The molecule has 2 rings (SSSR count). The molecule has 1 aromatic heterocycles. The van der Waals surface area contributed by atoms with E-state index in [1.807, 2.05) is 0 Å². The zero-order valence-corrected chi connectivity index (χ0v) is 10.6. The van der Waals surface area contributed by atoms with Gasteiger partial charge in [-0.05, 0) is 25.0 Å². The summed E-state index contributed by atoms with van der Waals surface area (Å²) in [5.41, 5.74) is 0.326. The monoisotopic (exact) mass is 266 g/mol. The van der Waals surface area contributed by atoms with Crippen molar-refractivity contribution in [2.75, 3.05) is 20.2 Å². The summed E-state index contributed by atoms with van der Waals surface area (Å²) in [7, 11) is 1.34. The van der Waals surface area contributed by atoms with Crippen molar-refractivity contribution in [3.63, 3.8) is 0 Å². The Hall–Kier alpha value is -1.98. The van der Waals surface area contributed by atoms with E-state index in [-0.39, 0.29) is 17.8 Å². The molecule has 0 aliphatic carbocycles. The molecule has 0 aromatic carbocycles. The second kappa shape index (κ2) is 5.77. The van der Waals surface area contributed by atoms with E-state index in [1.165, 1.54) is 19.4 Å². The first-order valence-electron chi connectivity index (χ1n) is 6.10. The molecule has 6 heteroatoms. The van der Waals surface area contributed by atoms with Gasteiger partial charge in [-0.25, -0.2) is 4.98 Å². The smallest absolute Gasteiger partial charge is 0.310 e. The topological polar surface area (TPSA) is 59.5 Å². The van der Waals surface area contributed by atoms with Gasteiger partial charge in [-0.2, -0.15) is 4.39 Å².